The van der Waals surface area contributed by atoms with Crippen LogP contribution in [0.4, 0.5) is 8.78 Å². The third-order valence-electron chi connectivity index (χ3n) is 8.42. The Labute approximate surface area is 243 Å². The zero-order valence-corrected chi connectivity index (χ0v) is 24.1. The van der Waals surface area contributed by atoms with Gasteiger partial charge in [0.2, 0.25) is 11.8 Å². The molecule has 2 fully saturated rings. The lowest BCUT2D eigenvalue weighted by molar-refractivity contribution is -0.147. The number of nitrogens with zero attached hydrogens (tertiary/aromatic N) is 3. The fourth-order valence-corrected chi connectivity index (χ4v) is 7.66. The summed E-state index contributed by atoms with van der Waals surface area (Å²) in [6, 6.07) is 4.88. The van der Waals surface area contributed by atoms with E-state index in [4.69, 9.17) is 9.79 Å². The predicted octanol–water partition coefficient (Wildman–Crippen LogP) is 4.10. The van der Waals surface area contributed by atoms with E-state index in [0.29, 0.717) is 37.1 Å². The van der Waals surface area contributed by atoms with Gasteiger partial charge >= 0.3 is 13.3 Å². The second-order valence-electron chi connectivity index (χ2n) is 11.1. The molecule has 6 rings (SSSR count). The molecule has 0 bridgehead atoms. The van der Waals surface area contributed by atoms with Crippen LogP contribution >= 0.6 is 18.9 Å². The number of hydrogen-bond acceptors (Lipinski definition) is 6. The van der Waals surface area contributed by atoms with Crippen LogP contribution in [-0.4, -0.2) is 60.4 Å². The van der Waals surface area contributed by atoms with Gasteiger partial charge in [-0.25, -0.2) is 0 Å². The zero-order valence-electron chi connectivity index (χ0n) is 22.4. The van der Waals surface area contributed by atoms with Gasteiger partial charge in [0, 0.05) is 41.8 Å². The number of amides is 3. The number of benzene rings is 1. The molecule has 10 nitrogen and oxygen atoms in total. The number of carbonyl (C=O) groups excluding carboxylic acids is 3. The van der Waals surface area contributed by atoms with E-state index in [0.717, 1.165) is 53.9 Å². The number of nitrogens with one attached hydrogen (secondary N) is 1. The molecule has 0 aliphatic carbocycles. The lowest BCUT2D eigenvalue weighted by Gasteiger charge is -2.36. The lowest BCUT2D eigenvalue weighted by atomic mass is 9.99. The van der Waals surface area contributed by atoms with Crippen molar-refractivity contribution < 1.29 is 37.5 Å². The molecule has 5 heterocycles. The Bertz CT molecular complexity index is 1600. The molecule has 42 heavy (non-hydrogen) atoms. The number of alkyl halides is 2. The van der Waals surface area contributed by atoms with Crippen LogP contribution in [0, 0.1) is 0 Å². The first kappa shape index (κ1) is 28.9. The van der Waals surface area contributed by atoms with Gasteiger partial charge in [0.05, 0.1) is 4.88 Å². The van der Waals surface area contributed by atoms with E-state index < -0.39 is 36.8 Å². The minimum Gasteiger partial charge on any atom is -0.340 e. The molecule has 3 aromatic rings. The van der Waals surface area contributed by atoms with Gasteiger partial charge in [-0.15, -0.1) is 11.3 Å². The number of fused-ring (bicyclic) bond motifs is 3. The molecule has 0 radical (unpaired) electrons. The normalized spacial score (nSPS) is 23.0. The second kappa shape index (κ2) is 10.8. The molecule has 1 unspecified atom stereocenters. The Kier molecular flexibility index (Phi) is 7.41. The summed E-state index contributed by atoms with van der Waals surface area (Å²) in [5.74, 6) is -0.966. The minimum absolute atomic E-state index is 0.0868. The topological polar surface area (TPSA) is 140 Å². The Morgan fingerprint density at radius 1 is 1.05 bits per heavy atom. The van der Waals surface area contributed by atoms with Crippen LogP contribution in [0.3, 0.4) is 0 Å². The average Bonchev–Trinajstić information content (AvgIpc) is 3.68. The zero-order chi connectivity index (χ0) is 29.8. The highest BCUT2D eigenvalue weighted by Gasteiger charge is 2.50. The quantitative estimate of drug-likeness (QED) is 0.366. The molecule has 0 spiro atoms. The number of carbonyl (C=O) groups is 3. The number of pyridine rings is 1. The van der Waals surface area contributed by atoms with Gasteiger partial charge in [-0.3, -0.25) is 23.9 Å². The largest absolute Gasteiger partial charge is 0.399 e. The van der Waals surface area contributed by atoms with Crippen LogP contribution in [0.25, 0.3) is 10.1 Å². The molecule has 2 saturated heterocycles. The number of aromatic nitrogens is 1. The van der Waals surface area contributed by atoms with Crippen LogP contribution in [-0.2, 0) is 32.9 Å². The highest BCUT2D eigenvalue weighted by molar-refractivity contribution is 7.52. The summed E-state index contributed by atoms with van der Waals surface area (Å²) in [5, 5.41) is 3.04. The van der Waals surface area contributed by atoms with E-state index in [9.17, 15) is 27.7 Å². The van der Waals surface area contributed by atoms with Crippen LogP contribution in [0.5, 0.6) is 0 Å². The van der Waals surface area contributed by atoms with Crippen molar-refractivity contribution in [3.05, 3.63) is 64.3 Å². The van der Waals surface area contributed by atoms with Gasteiger partial charge in [0.15, 0.2) is 0 Å². The van der Waals surface area contributed by atoms with Gasteiger partial charge < -0.3 is 24.9 Å². The molecule has 3 N–H and O–H groups in total. The van der Waals surface area contributed by atoms with E-state index in [-0.39, 0.29) is 28.1 Å². The first-order valence-corrected chi connectivity index (χ1v) is 16.2. The molecule has 2 aromatic heterocycles. The second-order valence-corrected chi connectivity index (χ2v) is 13.8. The Balaban J connectivity index is 1.20. The lowest BCUT2D eigenvalue weighted by Crippen LogP contribution is -2.56. The molecule has 1 aromatic carbocycles. The maximum absolute atomic E-state index is 14.2. The number of rotatable bonds is 5. The number of hydrogen-bond donors (Lipinski definition) is 3. The number of thiophene rings is 1. The fourth-order valence-electron chi connectivity index (χ4n) is 6.23. The van der Waals surface area contributed by atoms with Crippen LogP contribution in [0.2, 0.25) is 0 Å². The van der Waals surface area contributed by atoms with Crippen molar-refractivity contribution in [1.29, 1.82) is 0 Å². The van der Waals surface area contributed by atoms with Crippen molar-refractivity contribution in [3.63, 3.8) is 0 Å². The summed E-state index contributed by atoms with van der Waals surface area (Å²) in [6.07, 6.45) is 7.48. The van der Waals surface area contributed by atoms with Crippen molar-refractivity contribution in [1.82, 2.24) is 20.1 Å². The van der Waals surface area contributed by atoms with Crippen molar-refractivity contribution in [2.75, 3.05) is 0 Å². The summed E-state index contributed by atoms with van der Waals surface area (Å²) in [4.78, 5) is 66.7. The molecule has 3 aliphatic heterocycles. The molecule has 0 saturated carbocycles. The predicted molar refractivity (Wildman–Crippen MR) is 150 cm³/mol. The third-order valence-corrected chi connectivity index (χ3v) is 10.5. The average molecular weight is 619 g/mol. The standard InChI is InChI=1S/C28H29F2N4O6PS/c29-28(30,41(38,39)40)19-5-8-23-17(11-19)12-24(42-23)25(35)32-21-4-2-1-3-20-6-7-22(34(20)26(21)36)27(37)33-14-16-9-10-31-13-18(16)15-33/h5,8-13,20-22H,1-4,6-7,14-15H2,(H,32,35)(H2,38,39,40)/t20-,21?,22-/m0/s1. The highest BCUT2D eigenvalue weighted by Crippen LogP contribution is 2.59. The van der Waals surface area contributed by atoms with E-state index >= 15 is 0 Å². The Morgan fingerprint density at radius 2 is 1.81 bits per heavy atom. The Morgan fingerprint density at radius 3 is 2.57 bits per heavy atom. The van der Waals surface area contributed by atoms with E-state index in [1.54, 1.807) is 22.2 Å². The summed E-state index contributed by atoms with van der Waals surface area (Å²) in [6.45, 7) is 0.910. The minimum atomic E-state index is -5.74. The van der Waals surface area contributed by atoms with Gasteiger partial charge in [-0.05, 0) is 66.5 Å². The highest BCUT2D eigenvalue weighted by atomic mass is 32.1. The molecule has 3 aliphatic rings. The van der Waals surface area contributed by atoms with Crippen LogP contribution in [0.15, 0.2) is 42.7 Å². The maximum atomic E-state index is 14.2. The SMILES string of the molecule is O=C(NC1CCCC[C@H]2CC[C@@H](C(=O)N3Cc4ccncc4C3)N2C1=O)c1cc2cc(C(F)(F)P(=O)(O)O)ccc2s1. The summed E-state index contributed by atoms with van der Waals surface area (Å²) in [7, 11) is -5.74. The van der Waals surface area contributed by atoms with Crippen molar-refractivity contribution >= 4 is 46.7 Å². The smallest absolute Gasteiger partial charge is 0.340 e. The van der Waals surface area contributed by atoms with E-state index in [1.165, 1.54) is 12.1 Å². The first-order chi connectivity index (χ1) is 19.9. The summed E-state index contributed by atoms with van der Waals surface area (Å²) < 4.78 is 40.2. The first-order valence-electron chi connectivity index (χ1n) is 13.7. The van der Waals surface area contributed by atoms with Gasteiger partial charge in [0.25, 0.3) is 5.91 Å². The molecule has 3 amide bonds. The number of halogens is 2. The molecular weight excluding hydrogens is 589 g/mol. The third kappa shape index (κ3) is 5.12. The monoisotopic (exact) mass is 618 g/mol. The maximum Gasteiger partial charge on any atom is 0.399 e. The van der Waals surface area contributed by atoms with E-state index in [2.05, 4.69) is 10.3 Å². The summed E-state index contributed by atoms with van der Waals surface area (Å²) in [5.41, 5.74) is -3.19. The molecular formula is C28H29F2N4O6PS. The fraction of sp³-hybridized carbons (Fsp3) is 0.429. The Hall–Kier alpha value is -3.25. The van der Waals surface area contributed by atoms with Gasteiger partial charge in [-0.2, -0.15) is 8.78 Å². The molecule has 14 heteroatoms. The summed E-state index contributed by atoms with van der Waals surface area (Å²) >= 11 is 1.03. The van der Waals surface area contributed by atoms with Crippen molar-refractivity contribution in [2.45, 2.75) is 75.4 Å². The van der Waals surface area contributed by atoms with Crippen LogP contribution in [0.1, 0.15) is 64.9 Å². The van der Waals surface area contributed by atoms with Crippen molar-refractivity contribution in [2.24, 2.45) is 0 Å². The molecule has 3 atom stereocenters. The van der Waals surface area contributed by atoms with E-state index in [1.807, 2.05) is 6.07 Å². The molecule has 222 valence electrons. The van der Waals surface area contributed by atoms with Gasteiger partial charge in [0.1, 0.15) is 12.1 Å². The van der Waals surface area contributed by atoms with Crippen molar-refractivity contribution in [3.8, 4) is 0 Å². The van der Waals surface area contributed by atoms with Gasteiger partial charge in [-0.1, -0.05) is 18.9 Å². The van der Waals surface area contributed by atoms with Crippen LogP contribution < -0.4 is 5.32 Å².